The molecule has 4 rings (SSSR count). The van der Waals surface area contributed by atoms with Gasteiger partial charge in [-0.05, 0) is 49.2 Å². The van der Waals surface area contributed by atoms with Gasteiger partial charge in [0.1, 0.15) is 11.3 Å². The molecule has 0 spiro atoms. The minimum absolute atomic E-state index is 0.163. The van der Waals surface area contributed by atoms with E-state index in [0.29, 0.717) is 29.3 Å². The highest BCUT2D eigenvalue weighted by Gasteiger charge is 2.18. The number of nitrogens with zero attached hydrogens (tertiary/aromatic N) is 3. The minimum atomic E-state index is -0.163. The third-order valence-electron chi connectivity index (χ3n) is 4.55. The largest absolute Gasteiger partial charge is 0.347 e. The number of hydrogen-bond donors (Lipinski definition) is 1. The van der Waals surface area contributed by atoms with Crippen LogP contribution in [-0.4, -0.2) is 20.3 Å². The van der Waals surface area contributed by atoms with Crippen molar-refractivity contribution >= 4 is 34.1 Å². The third kappa shape index (κ3) is 3.38. The number of benzene rings is 1. The van der Waals surface area contributed by atoms with E-state index in [4.69, 9.17) is 11.6 Å². The topological polar surface area (TPSA) is 59.3 Å². The summed E-state index contributed by atoms with van der Waals surface area (Å²) in [6, 6.07) is 13.6. The highest BCUT2D eigenvalue weighted by Crippen LogP contribution is 2.18. The van der Waals surface area contributed by atoms with E-state index in [1.807, 2.05) is 50.2 Å². The summed E-state index contributed by atoms with van der Waals surface area (Å²) in [7, 11) is 0. The summed E-state index contributed by atoms with van der Waals surface area (Å²) in [5.41, 5.74) is 4.97. The van der Waals surface area contributed by atoms with Crippen molar-refractivity contribution in [1.29, 1.82) is 0 Å². The highest BCUT2D eigenvalue weighted by molar-refractivity contribution is 6.30. The van der Waals surface area contributed by atoms with Crippen LogP contribution in [0, 0.1) is 6.92 Å². The van der Waals surface area contributed by atoms with E-state index >= 15 is 0 Å². The average molecular weight is 379 g/mol. The van der Waals surface area contributed by atoms with Crippen LogP contribution >= 0.6 is 11.6 Å². The first kappa shape index (κ1) is 17.5. The van der Waals surface area contributed by atoms with Crippen LogP contribution < -0.4 is 5.32 Å². The first-order valence-corrected chi connectivity index (χ1v) is 9.24. The van der Waals surface area contributed by atoms with E-state index in [9.17, 15) is 4.79 Å². The lowest BCUT2D eigenvalue weighted by Crippen LogP contribution is -2.25. The van der Waals surface area contributed by atoms with Crippen molar-refractivity contribution in [3.63, 3.8) is 0 Å². The van der Waals surface area contributed by atoms with Crippen molar-refractivity contribution < 1.29 is 4.79 Å². The number of hydrogen-bond acceptors (Lipinski definition) is 3. The monoisotopic (exact) mass is 378 g/mol. The number of amides is 1. The third-order valence-corrected chi connectivity index (χ3v) is 4.77. The Morgan fingerprint density at radius 3 is 2.81 bits per heavy atom. The number of carbonyl (C=O) groups excluding carboxylic acids is 1. The Kier molecular flexibility index (Phi) is 4.54. The SMILES string of the molecule is CCc1nc2ccc(Cl)cn2c1C(=O)NCc1ccc2nc(C)ccc2c1. The summed E-state index contributed by atoms with van der Waals surface area (Å²) in [5, 5.41) is 4.62. The van der Waals surface area contributed by atoms with Crippen LogP contribution in [0.5, 0.6) is 0 Å². The Labute approximate surface area is 162 Å². The molecule has 27 heavy (non-hydrogen) atoms. The molecule has 0 saturated carbocycles. The summed E-state index contributed by atoms with van der Waals surface area (Å²) >= 11 is 6.10. The lowest BCUT2D eigenvalue weighted by atomic mass is 10.1. The van der Waals surface area contributed by atoms with E-state index in [-0.39, 0.29) is 5.91 Å². The van der Waals surface area contributed by atoms with E-state index in [0.717, 1.165) is 27.9 Å². The van der Waals surface area contributed by atoms with E-state index in [1.165, 1.54) is 0 Å². The molecule has 3 aromatic heterocycles. The maximum Gasteiger partial charge on any atom is 0.270 e. The van der Waals surface area contributed by atoms with Gasteiger partial charge in [-0.15, -0.1) is 0 Å². The van der Waals surface area contributed by atoms with Crippen LogP contribution in [0.4, 0.5) is 0 Å². The molecule has 0 saturated heterocycles. The van der Waals surface area contributed by atoms with Gasteiger partial charge in [-0.25, -0.2) is 4.98 Å². The molecule has 0 fully saturated rings. The van der Waals surface area contributed by atoms with Crippen LogP contribution in [-0.2, 0) is 13.0 Å². The van der Waals surface area contributed by atoms with Crippen molar-refractivity contribution in [3.8, 4) is 0 Å². The van der Waals surface area contributed by atoms with E-state index in [2.05, 4.69) is 15.3 Å². The van der Waals surface area contributed by atoms with Crippen molar-refractivity contribution in [1.82, 2.24) is 19.7 Å². The van der Waals surface area contributed by atoms with Crippen molar-refractivity contribution in [3.05, 3.63) is 76.3 Å². The van der Waals surface area contributed by atoms with Gasteiger partial charge in [-0.2, -0.15) is 0 Å². The normalized spacial score (nSPS) is 11.2. The lowest BCUT2D eigenvalue weighted by Gasteiger charge is -2.08. The minimum Gasteiger partial charge on any atom is -0.347 e. The van der Waals surface area contributed by atoms with Gasteiger partial charge in [0.05, 0.1) is 16.2 Å². The summed E-state index contributed by atoms with van der Waals surface area (Å²) in [5.74, 6) is -0.163. The molecule has 6 heteroatoms. The molecule has 0 bridgehead atoms. The van der Waals surface area contributed by atoms with Crippen LogP contribution in [0.1, 0.15) is 34.4 Å². The number of carbonyl (C=O) groups is 1. The van der Waals surface area contributed by atoms with Crippen LogP contribution in [0.15, 0.2) is 48.7 Å². The number of imidazole rings is 1. The second-order valence-corrected chi connectivity index (χ2v) is 6.93. The molecule has 0 radical (unpaired) electrons. The number of fused-ring (bicyclic) bond motifs is 2. The number of halogens is 1. The maximum absolute atomic E-state index is 12.9. The Morgan fingerprint density at radius 1 is 1.15 bits per heavy atom. The van der Waals surface area contributed by atoms with Gasteiger partial charge in [0, 0.05) is 23.8 Å². The molecule has 4 aromatic rings. The summed E-state index contributed by atoms with van der Waals surface area (Å²) in [6.07, 6.45) is 2.39. The number of nitrogens with one attached hydrogen (secondary N) is 1. The second kappa shape index (κ2) is 7.00. The smallest absolute Gasteiger partial charge is 0.270 e. The molecule has 1 amide bonds. The summed E-state index contributed by atoms with van der Waals surface area (Å²) < 4.78 is 1.75. The number of aryl methyl sites for hydroxylation is 2. The van der Waals surface area contributed by atoms with Crippen LogP contribution in [0.2, 0.25) is 5.02 Å². The average Bonchev–Trinajstić information content (AvgIpc) is 3.03. The van der Waals surface area contributed by atoms with Crippen LogP contribution in [0.25, 0.3) is 16.6 Å². The Balaban J connectivity index is 1.60. The Bertz CT molecular complexity index is 1170. The molecule has 1 N–H and O–H groups in total. The van der Waals surface area contributed by atoms with Crippen molar-refractivity contribution in [2.45, 2.75) is 26.8 Å². The van der Waals surface area contributed by atoms with Gasteiger partial charge >= 0.3 is 0 Å². The number of rotatable bonds is 4. The molecule has 0 aliphatic rings. The lowest BCUT2D eigenvalue weighted by molar-refractivity contribution is 0.0944. The van der Waals surface area contributed by atoms with Crippen molar-refractivity contribution in [2.75, 3.05) is 0 Å². The molecule has 136 valence electrons. The Morgan fingerprint density at radius 2 is 2.00 bits per heavy atom. The van der Waals surface area contributed by atoms with E-state index in [1.54, 1.807) is 16.7 Å². The fourth-order valence-corrected chi connectivity index (χ4v) is 3.37. The molecule has 5 nitrogen and oxygen atoms in total. The molecular weight excluding hydrogens is 360 g/mol. The molecular formula is C21H19ClN4O. The van der Waals surface area contributed by atoms with Gasteiger partial charge in [0.15, 0.2) is 0 Å². The zero-order chi connectivity index (χ0) is 19.0. The predicted molar refractivity (Wildman–Crippen MR) is 107 cm³/mol. The zero-order valence-corrected chi connectivity index (χ0v) is 15.9. The first-order chi connectivity index (χ1) is 13.0. The summed E-state index contributed by atoms with van der Waals surface area (Å²) in [4.78, 5) is 21.9. The standard InChI is InChI=1S/C21H19ClN4O/c1-3-17-20(26-12-16(22)7-9-19(26)25-17)21(27)23-11-14-5-8-18-15(10-14)6-4-13(2)24-18/h4-10,12H,3,11H2,1-2H3,(H,23,27). The van der Waals surface area contributed by atoms with Gasteiger partial charge < -0.3 is 5.32 Å². The molecule has 3 heterocycles. The van der Waals surface area contributed by atoms with E-state index < -0.39 is 0 Å². The number of aromatic nitrogens is 3. The molecule has 0 aliphatic heterocycles. The molecule has 0 aliphatic carbocycles. The van der Waals surface area contributed by atoms with Crippen LogP contribution in [0.3, 0.4) is 0 Å². The second-order valence-electron chi connectivity index (χ2n) is 6.50. The highest BCUT2D eigenvalue weighted by atomic mass is 35.5. The van der Waals surface area contributed by atoms with Crippen molar-refractivity contribution in [2.24, 2.45) is 0 Å². The quantitative estimate of drug-likeness (QED) is 0.574. The van der Waals surface area contributed by atoms with Gasteiger partial charge in [0.25, 0.3) is 5.91 Å². The van der Waals surface area contributed by atoms with Gasteiger partial charge in [0.2, 0.25) is 0 Å². The first-order valence-electron chi connectivity index (χ1n) is 8.86. The van der Waals surface area contributed by atoms with Gasteiger partial charge in [-0.3, -0.25) is 14.2 Å². The number of pyridine rings is 2. The fraction of sp³-hybridized carbons (Fsp3) is 0.190. The molecule has 1 aromatic carbocycles. The van der Waals surface area contributed by atoms with Gasteiger partial charge in [-0.1, -0.05) is 30.7 Å². The predicted octanol–water partition coefficient (Wildman–Crippen LogP) is 4.34. The zero-order valence-electron chi connectivity index (χ0n) is 15.2. The summed E-state index contributed by atoms with van der Waals surface area (Å²) in [6.45, 7) is 4.39. The fourth-order valence-electron chi connectivity index (χ4n) is 3.21. The molecule has 0 unspecified atom stereocenters. The Hall–Kier alpha value is -2.92. The molecule has 0 atom stereocenters. The maximum atomic E-state index is 12.9.